The van der Waals surface area contributed by atoms with Gasteiger partial charge in [-0.1, -0.05) is 30.3 Å². The quantitative estimate of drug-likeness (QED) is 0.268. The summed E-state index contributed by atoms with van der Waals surface area (Å²) in [7, 11) is 1.93. The molecule has 0 amide bonds. The first-order valence-electron chi connectivity index (χ1n) is 13.2. The standard InChI is InChI=1S/C27H32N8O5/c1-27(2)39-19-20(40-27)24(38-21(19)25(36)37)35-15-31-18-22(28-11-9-16-7-5-4-6-8-16)32-26(33-23(18)35)29-12-10-17-13-34(3)14-30-17/h4-8,13-15,19-21,24H,9-12H2,1-3H3,(H,36,37)(H2,28,29,32,33)/t19-,20+,21-,24+/m0/s1. The normalized spacial score (nSPS) is 23.4. The number of carbonyl (C=O) groups is 1. The minimum absolute atomic E-state index is 0.403. The van der Waals surface area contributed by atoms with E-state index < -0.39 is 36.3 Å². The molecule has 4 atom stereocenters. The molecule has 4 aromatic rings. The number of aryl methyl sites for hydroxylation is 1. The third-order valence-corrected chi connectivity index (χ3v) is 6.94. The van der Waals surface area contributed by atoms with Gasteiger partial charge in [0.15, 0.2) is 35.1 Å². The SMILES string of the molecule is Cn1cnc(CCNc2nc(NCCc3ccccc3)c3ncn([C@@H]4O[C@H](C(=O)O)[C@H]5OC(C)(C)O[C@H]54)c3n2)c1. The molecule has 2 fully saturated rings. The minimum atomic E-state index is -1.18. The molecule has 0 spiro atoms. The van der Waals surface area contributed by atoms with Crippen LogP contribution in [0.15, 0.2) is 49.2 Å². The molecule has 13 nitrogen and oxygen atoms in total. The third-order valence-electron chi connectivity index (χ3n) is 6.94. The molecule has 2 aliphatic heterocycles. The summed E-state index contributed by atoms with van der Waals surface area (Å²) in [5.41, 5.74) is 3.18. The Kier molecular flexibility index (Phi) is 6.86. The maximum Gasteiger partial charge on any atom is 0.335 e. The van der Waals surface area contributed by atoms with Crippen molar-refractivity contribution in [1.29, 1.82) is 0 Å². The average molecular weight is 549 g/mol. The van der Waals surface area contributed by atoms with E-state index in [9.17, 15) is 9.90 Å². The maximum absolute atomic E-state index is 12.0. The number of nitrogens with zero attached hydrogens (tertiary/aromatic N) is 6. The minimum Gasteiger partial charge on any atom is -0.479 e. The average Bonchev–Trinajstić information content (AvgIpc) is 3.67. The maximum atomic E-state index is 12.0. The van der Waals surface area contributed by atoms with Gasteiger partial charge in [0.2, 0.25) is 5.95 Å². The Labute approximate surface area is 230 Å². The van der Waals surface area contributed by atoms with Crippen LogP contribution in [0, 0.1) is 0 Å². The summed E-state index contributed by atoms with van der Waals surface area (Å²) in [6, 6.07) is 10.2. The van der Waals surface area contributed by atoms with Gasteiger partial charge in [0.25, 0.3) is 0 Å². The number of nitrogens with one attached hydrogen (secondary N) is 2. The van der Waals surface area contributed by atoms with E-state index in [1.54, 1.807) is 31.1 Å². The Bertz CT molecular complexity index is 1500. The summed E-state index contributed by atoms with van der Waals surface area (Å²) in [6.07, 6.45) is 3.40. The second kappa shape index (κ2) is 10.5. The van der Waals surface area contributed by atoms with Gasteiger partial charge >= 0.3 is 5.97 Å². The van der Waals surface area contributed by atoms with Crippen LogP contribution in [0.5, 0.6) is 0 Å². The van der Waals surface area contributed by atoms with Crippen LogP contribution in [0.2, 0.25) is 0 Å². The lowest BCUT2D eigenvalue weighted by Gasteiger charge is -2.23. The molecule has 40 heavy (non-hydrogen) atoms. The molecule has 0 unspecified atom stereocenters. The summed E-state index contributed by atoms with van der Waals surface area (Å²) < 4.78 is 21.5. The molecule has 0 bridgehead atoms. The van der Waals surface area contributed by atoms with Crippen LogP contribution in [-0.4, -0.2) is 77.3 Å². The topological polar surface area (TPSA) is 150 Å². The first-order valence-corrected chi connectivity index (χ1v) is 13.2. The van der Waals surface area contributed by atoms with Gasteiger partial charge < -0.3 is 34.5 Å². The van der Waals surface area contributed by atoms with Gasteiger partial charge in [-0.15, -0.1) is 0 Å². The zero-order valence-corrected chi connectivity index (χ0v) is 22.5. The number of benzene rings is 1. The van der Waals surface area contributed by atoms with E-state index in [-0.39, 0.29) is 0 Å². The van der Waals surface area contributed by atoms with Crippen molar-refractivity contribution < 1.29 is 24.1 Å². The predicted molar refractivity (Wildman–Crippen MR) is 145 cm³/mol. The number of anilines is 2. The molecule has 3 N–H and O–H groups in total. The molecule has 3 aromatic heterocycles. The molecule has 0 radical (unpaired) electrons. The molecule has 1 aromatic carbocycles. The van der Waals surface area contributed by atoms with E-state index in [0.29, 0.717) is 42.4 Å². The van der Waals surface area contributed by atoms with Gasteiger partial charge in [0.05, 0.1) is 18.3 Å². The van der Waals surface area contributed by atoms with E-state index >= 15 is 0 Å². The van der Waals surface area contributed by atoms with Crippen molar-refractivity contribution in [2.75, 3.05) is 23.7 Å². The van der Waals surface area contributed by atoms with Crippen molar-refractivity contribution in [3.05, 3.63) is 60.4 Å². The van der Waals surface area contributed by atoms with Gasteiger partial charge in [0.1, 0.15) is 12.2 Å². The first kappa shape index (κ1) is 26.2. The fraction of sp³-hybridized carbons (Fsp3) is 0.444. The number of ether oxygens (including phenoxy) is 3. The lowest BCUT2D eigenvalue weighted by molar-refractivity contribution is -0.202. The predicted octanol–water partition coefficient (Wildman–Crippen LogP) is 2.37. The summed E-state index contributed by atoms with van der Waals surface area (Å²) >= 11 is 0. The molecule has 2 saturated heterocycles. The molecule has 0 aliphatic carbocycles. The van der Waals surface area contributed by atoms with E-state index in [1.165, 1.54) is 5.56 Å². The van der Waals surface area contributed by atoms with Crippen molar-refractivity contribution in [3.8, 4) is 0 Å². The van der Waals surface area contributed by atoms with Crippen molar-refractivity contribution in [2.24, 2.45) is 7.05 Å². The van der Waals surface area contributed by atoms with Crippen molar-refractivity contribution in [1.82, 2.24) is 29.1 Å². The number of carboxylic acids is 1. The lowest BCUT2D eigenvalue weighted by atomic mass is 10.1. The number of aliphatic carboxylic acids is 1. The monoisotopic (exact) mass is 548 g/mol. The van der Waals surface area contributed by atoms with Crippen LogP contribution >= 0.6 is 0 Å². The van der Waals surface area contributed by atoms with Crippen molar-refractivity contribution in [3.63, 3.8) is 0 Å². The van der Waals surface area contributed by atoms with Crippen LogP contribution in [0.3, 0.4) is 0 Å². The molecule has 210 valence electrons. The van der Waals surface area contributed by atoms with Gasteiger partial charge in [-0.3, -0.25) is 4.57 Å². The summed E-state index contributed by atoms with van der Waals surface area (Å²) in [5, 5.41) is 16.5. The van der Waals surface area contributed by atoms with Crippen molar-refractivity contribution >= 4 is 28.9 Å². The fourth-order valence-corrected chi connectivity index (χ4v) is 5.17. The zero-order valence-electron chi connectivity index (χ0n) is 22.5. The van der Waals surface area contributed by atoms with E-state index in [2.05, 4.69) is 32.7 Å². The first-order chi connectivity index (χ1) is 19.3. The summed E-state index contributed by atoms with van der Waals surface area (Å²) in [5.74, 6) is -1.09. The number of hydrogen-bond donors (Lipinski definition) is 3. The number of imidazole rings is 2. The Hall–Kier alpha value is -4.07. The van der Waals surface area contributed by atoms with Crippen molar-refractivity contribution in [2.45, 2.75) is 57.0 Å². The van der Waals surface area contributed by atoms with E-state index in [1.807, 2.05) is 36.0 Å². The van der Waals surface area contributed by atoms with Gasteiger partial charge in [-0.05, 0) is 25.8 Å². The second-order valence-corrected chi connectivity index (χ2v) is 10.4. The smallest absolute Gasteiger partial charge is 0.335 e. The highest BCUT2D eigenvalue weighted by Gasteiger charge is 2.58. The highest BCUT2D eigenvalue weighted by molar-refractivity contribution is 5.84. The number of aromatic nitrogens is 6. The number of rotatable bonds is 10. The fourth-order valence-electron chi connectivity index (χ4n) is 5.17. The summed E-state index contributed by atoms with van der Waals surface area (Å²) in [6.45, 7) is 4.71. The Morgan fingerprint density at radius 1 is 1.02 bits per heavy atom. The van der Waals surface area contributed by atoms with Crippen LogP contribution in [0.1, 0.15) is 31.3 Å². The van der Waals surface area contributed by atoms with Gasteiger partial charge in [-0.2, -0.15) is 9.97 Å². The molecule has 13 heteroatoms. The lowest BCUT2D eigenvalue weighted by Crippen LogP contribution is -2.35. The second-order valence-electron chi connectivity index (χ2n) is 10.4. The number of hydrogen-bond acceptors (Lipinski definition) is 10. The highest BCUT2D eigenvalue weighted by Crippen LogP contribution is 2.44. The molecule has 5 heterocycles. The summed E-state index contributed by atoms with van der Waals surface area (Å²) in [4.78, 5) is 30.4. The number of fused-ring (bicyclic) bond motifs is 2. The van der Waals surface area contributed by atoms with Crippen LogP contribution < -0.4 is 10.6 Å². The Balaban J connectivity index is 1.30. The highest BCUT2D eigenvalue weighted by atomic mass is 16.8. The van der Waals surface area contributed by atoms with Gasteiger partial charge in [-0.25, -0.2) is 14.8 Å². The van der Waals surface area contributed by atoms with Gasteiger partial charge in [0, 0.05) is 32.8 Å². The Morgan fingerprint density at radius 2 is 1.80 bits per heavy atom. The van der Waals surface area contributed by atoms with E-state index in [4.69, 9.17) is 24.2 Å². The molecule has 2 aliphatic rings. The molecular weight excluding hydrogens is 516 g/mol. The number of carboxylic acid groups (broad SMARTS) is 1. The van der Waals surface area contributed by atoms with Crippen LogP contribution in [0.25, 0.3) is 11.2 Å². The van der Waals surface area contributed by atoms with Crippen LogP contribution in [0.4, 0.5) is 11.8 Å². The largest absolute Gasteiger partial charge is 0.479 e. The molecule has 0 saturated carbocycles. The third kappa shape index (κ3) is 5.22. The molecule has 6 rings (SSSR count). The zero-order chi connectivity index (χ0) is 27.9. The Morgan fingerprint density at radius 3 is 2.55 bits per heavy atom. The van der Waals surface area contributed by atoms with Crippen LogP contribution in [-0.2, 0) is 38.9 Å². The van der Waals surface area contributed by atoms with E-state index in [0.717, 1.165) is 12.1 Å². The molecular formula is C27H32N8O5.